The van der Waals surface area contributed by atoms with E-state index in [4.69, 9.17) is 0 Å². The summed E-state index contributed by atoms with van der Waals surface area (Å²) in [5.74, 6) is -0.0787. The van der Waals surface area contributed by atoms with Gasteiger partial charge in [-0.2, -0.15) is 0 Å². The monoisotopic (exact) mass is 346 g/mol. The van der Waals surface area contributed by atoms with E-state index in [-0.39, 0.29) is 30.5 Å². The molecule has 0 aliphatic heterocycles. The summed E-state index contributed by atoms with van der Waals surface area (Å²) in [5.41, 5.74) is 2.02. The fourth-order valence-electron chi connectivity index (χ4n) is 3.16. The van der Waals surface area contributed by atoms with E-state index in [1.54, 1.807) is 0 Å². The molecule has 0 saturated heterocycles. The molecule has 1 heterocycles. The van der Waals surface area contributed by atoms with Crippen molar-refractivity contribution < 1.29 is 14.5 Å². The standard InChI is InChI=1S/C20H31N3O2/c1-6-9-15(2)23-14-22(16-10-7-8-11-17(16)23)12-19(25)21-18(13-24)20(3,4)5/h7-8,10-11,14-15,18,24H,6,9,12-13H2,1-5H3/p+1/t15?,18-/m1/s1. The normalized spacial score (nSPS) is 14.5. The highest BCUT2D eigenvalue weighted by atomic mass is 16.3. The van der Waals surface area contributed by atoms with Crippen molar-refractivity contribution in [2.75, 3.05) is 6.61 Å². The first kappa shape index (κ1) is 19.4. The molecule has 138 valence electrons. The summed E-state index contributed by atoms with van der Waals surface area (Å²) in [4.78, 5) is 12.5. The molecule has 1 aromatic heterocycles. The molecular weight excluding hydrogens is 314 g/mol. The highest BCUT2D eigenvalue weighted by molar-refractivity contribution is 5.76. The van der Waals surface area contributed by atoms with Gasteiger partial charge in [-0.1, -0.05) is 46.2 Å². The third-order valence-corrected chi connectivity index (χ3v) is 4.79. The van der Waals surface area contributed by atoms with Gasteiger partial charge in [0.05, 0.1) is 18.7 Å². The number of hydrogen-bond donors (Lipinski definition) is 2. The second kappa shape index (κ2) is 8.00. The minimum atomic E-state index is -0.257. The van der Waals surface area contributed by atoms with E-state index in [9.17, 15) is 9.90 Å². The van der Waals surface area contributed by atoms with Gasteiger partial charge in [0.15, 0.2) is 17.6 Å². The number of hydrogen-bond acceptors (Lipinski definition) is 2. The molecule has 25 heavy (non-hydrogen) atoms. The van der Waals surface area contributed by atoms with E-state index in [1.807, 2.05) is 49.9 Å². The van der Waals surface area contributed by atoms with Crippen molar-refractivity contribution >= 4 is 16.9 Å². The van der Waals surface area contributed by atoms with Gasteiger partial charge in [0.25, 0.3) is 5.91 Å². The van der Waals surface area contributed by atoms with E-state index < -0.39 is 0 Å². The van der Waals surface area contributed by atoms with Crippen molar-refractivity contribution in [2.24, 2.45) is 5.41 Å². The number of fused-ring (bicyclic) bond motifs is 1. The Kier molecular flexibility index (Phi) is 6.22. The number of para-hydroxylation sites is 2. The van der Waals surface area contributed by atoms with Gasteiger partial charge in [-0.15, -0.1) is 0 Å². The van der Waals surface area contributed by atoms with Crippen LogP contribution in [0.1, 0.15) is 53.5 Å². The number of aliphatic hydroxyl groups is 1. The van der Waals surface area contributed by atoms with Gasteiger partial charge in [-0.3, -0.25) is 4.79 Å². The van der Waals surface area contributed by atoms with Crippen LogP contribution in [0.5, 0.6) is 0 Å². The third kappa shape index (κ3) is 4.60. The van der Waals surface area contributed by atoms with Gasteiger partial charge < -0.3 is 10.4 Å². The SMILES string of the molecule is CCCC(C)n1c[n+](CC(=O)N[C@H](CO)C(C)(C)C)c2ccccc21. The molecule has 5 nitrogen and oxygen atoms in total. The Labute approximate surface area is 150 Å². The van der Waals surface area contributed by atoms with Crippen LogP contribution in [0.4, 0.5) is 0 Å². The molecule has 0 radical (unpaired) electrons. The summed E-state index contributed by atoms with van der Waals surface area (Å²) in [5, 5.41) is 12.5. The predicted molar refractivity (Wildman–Crippen MR) is 100 cm³/mol. The quantitative estimate of drug-likeness (QED) is 0.758. The maximum atomic E-state index is 12.5. The first-order chi connectivity index (χ1) is 11.8. The number of aliphatic hydroxyl groups excluding tert-OH is 1. The van der Waals surface area contributed by atoms with Crippen molar-refractivity contribution in [3.05, 3.63) is 30.6 Å². The summed E-state index contributed by atoms with van der Waals surface area (Å²) in [6.07, 6.45) is 4.26. The van der Waals surface area contributed by atoms with E-state index in [0.717, 1.165) is 23.9 Å². The average molecular weight is 346 g/mol. The number of imidazole rings is 1. The van der Waals surface area contributed by atoms with Crippen molar-refractivity contribution in [1.82, 2.24) is 9.88 Å². The molecule has 2 rings (SSSR count). The first-order valence-corrected chi connectivity index (χ1v) is 9.17. The number of carbonyl (C=O) groups excluding carboxylic acids is 1. The number of amides is 1. The lowest BCUT2D eigenvalue weighted by atomic mass is 9.87. The molecule has 1 unspecified atom stereocenters. The predicted octanol–water partition coefficient (Wildman–Crippen LogP) is 2.81. The highest BCUT2D eigenvalue weighted by Crippen LogP contribution is 2.20. The molecule has 0 spiro atoms. The van der Waals surface area contributed by atoms with Crippen LogP contribution >= 0.6 is 0 Å². The minimum absolute atomic E-state index is 0.0603. The molecule has 0 aliphatic rings. The second-order valence-electron chi connectivity index (χ2n) is 7.95. The lowest BCUT2D eigenvalue weighted by Crippen LogP contribution is -2.51. The van der Waals surface area contributed by atoms with Crippen molar-refractivity contribution in [3.63, 3.8) is 0 Å². The van der Waals surface area contributed by atoms with E-state index in [2.05, 4.69) is 29.8 Å². The van der Waals surface area contributed by atoms with Crippen LogP contribution in [-0.4, -0.2) is 28.2 Å². The zero-order valence-electron chi connectivity index (χ0n) is 16.1. The Balaban J connectivity index is 2.25. The zero-order chi connectivity index (χ0) is 18.6. The van der Waals surface area contributed by atoms with E-state index >= 15 is 0 Å². The summed E-state index contributed by atoms with van der Waals surface area (Å²) in [6.45, 7) is 10.6. The number of nitrogens with zero attached hydrogens (tertiary/aromatic N) is 2. The minimum Gasteiger partial charge on any atom is -0.394 e. The van der Waals surface area contributed by atoms with Crippen LogP contribution in [-0.2, 0) is 11.3 Å². The van der Waals surface area contributed by atoms with Crippen LogP contribution in [0.3, 0.4) is 0 Å². The first-order valence-electron chi connectivity index (χ1n) is 9.17. The Bertz CT molecular complexity index is 715. The van der Waals surface area contributed by atoms with Gasteiger partial charge in [0, 0.05) is 0 Å². The number of benzene rings is 1. The molecule has 5 heteroatoms. The van der Waals surface area contributed by atoms with Gasteiger partial charge in [-0.25, -0.2) is 9.13 Å². The lowest BCUT2D eigenvalue weighted by molar-refractivity contribution is -0.659. The summed E-state index contributed by atoms with van der Waals surface area (Å²) >= 11 is 0. The fraction of sp³-hybridized carbons (Fsp3) is 0.600. The molecule has 0 fully saturated rings. The summed E-state index contributed by atoms with van der Waals surface area (Å²) < 4.78 is 4.24. The summed E-state index contributed by atoms with van der Waals surface area (Å²) in [7, 11) is 0. The average Bonchev–Trinajstić information content (AvgIpc) is 2.91. The Morgan fingerprint density at radius 2 is 2.00 bits per heavy atom. The largest absolute Gasteiger partial charge is 0.394 e. The van der Waals surface area contributed by atoms with Crippen molar-refractivity contribution in [3.8, 4) is 0 Å². The molecule has 0 aliphatic carbocycles. The summed E-state index contributed by atoms with van der Waals surface area (Å²) in [6, 6.07) is 8.31. The maximum Gasteiger partial charge on any atom is 0.262 e. The fourth-order valence-corrected chi connectivity index (χ4v) is 3.16. The van der Waals surface area contributed by atoms with Crippen LogP contribution < -0.4 is 9.88 Å². The highest BCUT2D eigenvalue weighted by Gasteiger charge is 2.27. The van der Waals surface area contributed by atoms with Crippen LogP contribution in [0.25, 0.3) is 11.0 Å². The Morgan fingerprint density at radius 1 is 1.32 bits per heavy atom. The Hall–Kier alpha value is -1.88. The number of nitrogens with one attached hydrogen (secondary N) is 1. The lowest BCUT2D eigenvalue weighted by Gasteiger charge is -2.29. The zero-order valence-corrected chi connectivity index (χ0v) is 16.1. The van der Waals surface area contributed by atoms with Crippen LogP contribution in [0.2, 0.25) is 0 Å². The topological polar surface area (TPSA) is 58.1 Å². The molecule has 1 aromatic carbocycles. The van der Waals surface area contributed by atoms with Crippen LogP contribution in [0.15, 0.2) is 30.6 Å². The van der Waals surface area contributed by atoms with Gasteiger partial charge >= 0.3 is 0 Å². The third-order valence-electron chi connectivity index (χ3n) is 4.79. The molecule has 2 N–H and O–H groups in total. The molecule has 0 saturated carbocycles. The molecule has 2 aromatic rings. The molecule has 0 bridgehead atoms. The van der Waals surface area contributed by atoms with E-state index in [0.29, 0.717) is 6.04 Å². The second-order valence-corrected chi connectivity index (χ2v) is 7.95. The molecule has 1 amide bonds. The van der Waals surface area contributed by atoms with Gasteiger partial charge in [0.2, 0.25) is 6.33 Å². The van der Waals surface area contributed by atoms with Crippen molar-refractivity contribution in [2.45, 2.75) is 66.1 Å². The number of rotatable bonds is 7. The number of carbonyl (C=O) groups is 1. The Morgan fingerprint density at radius 3 is 2.60 bits per heavy atom. The van der Waals surface area contributed by atoms with Gasteiger partial charge in [-0.05, 0) is 30.9 Å². The maximum absolute atomic E-state index is 12.5. The molecular formula is C20H32N3O2+. The van der Waals surface area contributed by atoms with E-state index in [1.165, 1.54) is 0 Å². The molecule has 2 atom stereocenters. The van der Waals surface area contributed by atoms with Crippen LogP contribution in [0, 0.1) is 5.41 Å². The van der Waals surface area contributed by atoms with Crippen molar-refractivity contribution in [1.29, 1.82) is 0 Å². The van der Waals surface area contributed by atoms with Gasteiger partial charge in [0.1, 0.15) is 0 Å². The number of aromatic nitrogens is 2. The smallest absolute Gasteiger partial charge is 0.262 e.